The summed E-state index contributed by atoms with van der Waals surface area (Å²) in [5, 5.41) is 2.73. The molecular formula is C12H23N3O3. The number of hydrogen-bond donors (Lipinski definition) is 1. The first kappa shape index (κ1) is 16.6. The van der Waals surface area contributed by atoms with Gasteiger partial charge in [-0.05, 0) is 21.0 Å². The lowest BCUT2D eigenvalue weighted by Gasteiger charge is -2.25. The normalized spacial score (nSPS) is 12.1. The van der Waals surface area contributed by atoms with E-state index in [-0.39, 0.29) is 24.0 Å². The molecular weight excluding hydrogens is 234 g/mol. The van der Waals surface area contributed by atoms with Gasteiger partial charge in [-0.3, -0.25) is 14.4 Å². The van der Waals surface area contributed by atoms with Gasteiger partial charge in [0.1, 0.15) is 11.8 Å². The number of carbonyl (C=O) groups excluding carboxylic acids is 3. The minimum absolute atomic E-state index is 0.0455. The third-order valence-electron chi connectivity index (χ3n) is 2.61. The highest BCUT2D eigenvalue weighted by molar-refractivity contribution is 5.91. The molecule has 1 N–H and O–H groups in total. The third-order valence-corrected chi connectivity index (χ3v) is 2.61. The maximum absolute atomic E-state index is 11.9. The Morgan fingerprint density at radius 1 is 1.11 bits per heavy atom. The molecule has 0 aliphatic heterocycles. The van der Waals surface area contributed by atoms with Crippen LogP contribution in [0.25, 0.3) is 0 Å². The Balaban J connectivity index is 4.50. The Bertz CT molecular complexity index is 316. The van der Waals surface area contributed by atoms with Gasteiger partial charge in [-0.25, -0.2) is 0 Å². The van der Waals surface area contributed by atoms with Crippen molar-refractivity contribution >= 4 is 17.6 Å². The van der Waals surface area contributed by atoms with Crippen LogP contribution in [0.4, 0.5) is 0 Å². The van der Waals surface area contributed by atoms with Crippen molar-refractivity contribution in [3.05, 3.63) is 0 Å². The second-order valence-electron chi connectivity index (χ2n) is 4.65. The highest BCUT2D eigenvalue weighted by Gasteiger charge is 2.26. The lowest BCUT2D eigenvalue weighted by molar-refractivity contribution is -0.139. The molecule has 0 rings (SSSR count). The van der Waals surface area contributed by atoms with Gasteiger partial charge in [0.25, 0.3) is 0 Å². The molecule has 0 radical (unpaired) electrons. The molecule has 0 bridgehead atoms. The van der Waals surface area contributed by atoms with Crippen LogP contribution in [0.2, 0.25) is 0 Å². The van der Waals surface area contributed by atoms with Gasteiger partial charge in [-0.1, -0.05) is 0 Å². The number of nitrogens with zero attached hydrogens (tertiary/aromatic N) is 2. The van der Waals surface area contributed by atoms with Gasteiger partial charge < -0.3 is 15.1 Å². The van der Waals surface area contributed by atoms with Crippen LogP contribution in [-0.4, -0.2) is 67.7 Å². The highest BCUT2D eigenvalue weighted by Crippen LogP contribution is 2.04. The standard InChI is InChI=1S/C12H23N3O3/c1-9(16)8-11(15(5)10(2)17)12(18)13-6-7-14(3)4/h11H,6-8H2,1-5H3,(H,13,18)/t11-/m0/s1. The average molecular weight is 257 g/mol. The summed E-state index contributed by atoms with van der Waals surface area (Å²) < 4.78 is 0. The van der Waals surface area contributed by atoms with Crippen molar-refractivity contribution in [3.8, 4) is 0 Å². The summed E-state index contributed by atoms with van der Waals surface area (Å²) in [5.41, 5.74) is 0. The highest BCUT2D eigenvalue weighted by atomic mass is 16.2. The fraction of sp³-hybridized carbons (Fsp3) is 0.750. The molecule has 0 spiro atoms. The number of nitrogens with one attached hydrogen (secondary N) is 1. The number of amides is 2. The summed E-state index contributed by atoms with van der Waals surface area (Å²) in [7, 11) is 5.34. The predicted octanol–water partition coefficient (Wildman–Crippen LogP) is -0.510. The van der Waals surface area contributed by atoms with Crippen molar-refractivity contribution in [2.45, 2.75) is 26.3 Å². The second kappa shape index (κ2) is 7.81. The second-order valence-corrected chi connectivity index (χ2v) is 4.65. The lowest BCUT2D eigenvalue weighted by Crippen LogP contribution is -2.49. The van der Waals surface area contributed by atoms with E-state index in [9.17, 15) is 14.4 Å². The van der Waals surface area contributed by atoms with E-state index in [0.29, 0.717) is 13.1 Å². The maximum atomic E-state index is 11.9. The summed E-state index contributed by atoms with van der Waals surface area (Å²) in [6, 6.07) is -0.720. The van der Waals surface area contributed by atoms with Gasteiger partial charge in [0.15, 0.2) is 0 Å². The molecule has 104 valence electrons. The molecule has 6 nitrogen and oxygen atoms in total. The molecule has 0 aliphatic carbocycles. The number of Topliss-reactive ketones (excluding diaryl/α,β-unsaturated/α-hetero) is 1. The van der Waals surface area contributed by atoms with Gasteiger partial charge >= 0.3 is 0 Å². The van der Waals surface area contributed by atoms with Crippen molar-refractivity contribution in [1.82, 2.24) is 15.1 Å². The number of likely N-dealkylation sites (N-methyl/N-ethyl adjacent to an activating group) is 2. The molecule has 0 heterocycles. The first-order chi connectivity index (χ1) is 8.25. The number of rotatable bonds is 7. The molecule has 0 aromatic carbocycles. The summed E-state index contributed by atoms with van der Waals surface area (Å²) in [6.45, 7) is 3.99. The molecule has 2 amide bonds. The zero-order valence-electron chi connectivity index (χ0n) is 11.8. The van der Waals surface area contributed by atoms with Crippen LogP contribution >= 0.6 is 0 Å². The summed E-state index contributed by atoms with van der Waals surface area (Å²) in [5.74, 6) is -0.635. The lowest BCUT2D eigenvalue weighted by atomic mass is 10.1. The Kier molecular flexibility index (Phi) is 7.19. The van der Waals surface area contributed by atoms with Crippen molar-refractivity contribution in [2.24, 2.45) is 0 Å². The van der Waals surface area contributed by atoms with Crippen molar-refractivity contribution in [2.75, 3.05) is 34.2 Å². The van der Waals surface area contributed by atoms with Crippen LogP contribution in [0.3, 0.4) is 0 Å². The molecule has 0 aromatic heterocycles. The van der Waals surface area contributed by atoms with Gasteiger partial charge in [0.2, 0.25) is 11.8 Å². The molecule has 0 fully saturated rings. The Hall–Kier alpha value is -1.43. The van der Waals surface area contributed by atoms with Gasteiger partial charge in [-0.15, -0.1) is 0 Å². The van der Waals surface area contributed by atoms with E-state index in [1.807, 2.05) is 19.0 Å². The Morgan fingerprint density at radius 2 is 1.67 bits per heavy atom. The Morgan fingerprint density at radius 3 is 2.06 bits per heavy atom. The zero-order chi connectivity index (χ0) is 14.3. The van der Waals surface area contributed by atoms with Crippen LogP contribution < -0.4 is 5.32 Å². The fourth-order valence-corrected chi connectivity index (χ4v) is 1.42. The van der Waals surface area contributed by atoms with E-state index in [1.165, 1.54) is 25.8 Å². The molecule has 0 aliphatic rings. The molecule has 0 aromatic rings. The molecule has 1 atom stereocenters. The van der Waals surface area contributed by atoms with Crippen LogP contribution in [0.1, 0.15) is 20.3 Å². The van der Waals surface area contributed by atoms with E-state index in [4.69, 9.17) is 0 Å². The Labute approximate surface area is 108 Å². The van der Waals surface area contributed by atoms with E-state index in [2.05, 4.69) is 5.32 Å². The third kappa shape index (κ3) is 6.34. The molecule has 0 unspecified atom stereocenters. The van der Waals surface area contributed by atoms with Gasteiger partial charge in [0.05, 0.1) is 0 Å². The van der Waals surface area contributed by atoms with E-state index >= 15 is 0 Å². The summed E-state index contributed by atoms with van der Waals surface area (Å²) in [6.07, 6.45) is 0.0455. The smallest absolute Gasteiger partial charge is 0.243 e. The summed E-state index contributed by atoms with van der Waals surface area (Å²) >= 11 is 0. The fourth-order valence-electron chi connectivity index (χ4n) is 1.42. The van der Waals surface area contributed by atoms with Crippen LogP contribution in [0, 0.1) is 0 Å². The monoisotopic (exact) mass is 257 g/mol. The van der Waals surface area contributed by atoms with E-state index in [1.54, 1.807) is 0 Å². The predicted molar refractivity (Wildman–Crippen MR) is 69.1 cm³/mol. The van der Waals surface area contributed by atoms with Gasteiger partial charge in [-0.2, -0.15) is 0 Å². The molecule has 0 saturated heterocycles. The first-order valence-corrected chi connectivity index (χ1v) is 5.91. The quantitative estimate of drug-likeness (QED) is 0.667. The minimum atomic E-state index is -0.720. The molecule has 6 heteroatoms. The van der Waals surface area contributed by atoms with Crippen molar-refractivity contribution in [1.29, 1.82) is 0 Å². The molecule has 0 saturated carbocycles. The van der Waals surface area contributed by atoms with Crippen molar-refractivity contribution < 1.29 is 14.4 Å². The SMILES string of the molecule is CC(=O)C[C@@H](C(=O)NCCN(C)C)N(C)C(C)=O. The topological polar surface area (TPSA) is 69.7 Å². The molecule has 18 heavy (non-hydrogen) atoms. The largest absolute Gasteiger partial charge is 0.353 e. The van der Waals surface area contributed by atoms with Crippen LogP contribution in [-0.2, 0) is 14.4 Å². The maximum Gasteiger partial charge on any atom is 0.243 e. The first-order valence-electron chi connectivity index (χ1n) is 5.91. The summed E-state index contributed by atoms with van der Waals surface area (Å²) in [4.78, 5) is 37.6. The van der Waals surface area contributed by atoms with E-state index in [0.717, 1.165) is 0 Å². The number of hydrogen-bond acceptors (Lipinski definition) is 4. The van der Waals surface area contributed by atoms with Crippen molar-refractivity contribution in [3.63, 3.8) is 0 Å². The van der Waals surface area contributed by atoms with Crippen LogP contribution in [0.15, 0.2) is 0 Å². The zero-order valence-corrected chi connectivity index (χ0v) is 11.8. The number of ketones is 1. The number of carbonyl (C=O) groups is 3. The van der Waals surface area contributed by atoms with E-state index < -0.39 is 6.04 Å². The average Bonchev–Trinajstić information content (AvgIpc) is 2.23. The van der Waals surface area contributed by atoms with Crippen LogP contribution in [0.5, 0.6) is 0 Å². The minimum Gasteiger partial charge on any atom is -0.353 e. The van der Waals surface area contributed by atoms with Gasteiger partial charge in [0, 0.05) is 33.5 Å².